The monoisotopic (exact) mass is 257 g/mol. The van der Waals surface area contributed by atoms with E-state index in [-0.39, 0.29) is 5.83 Å². The standard InChI is InChI=1S/C13H14FN3.C2H2/c1-9(14)3-4-10(2)16-12-6-5-11-7-8-15-13(11)17-12;1-2/h3-8H,1-2H3,(H2,15,16,17);1-2H/b9-3+,10-4+;. The summed E-state index contributed by atoms with van der Waals surface area (Å²) in [5, 5.41) is 4.16. The van der Waals surface area contributed by atoms with Crippen molar-refractivity contribution in [2.75, 3.05) is 5.32 Å². The number of hydrogen-bond acceptors (Lipinski definition) is 2. The van der Waals surface area contributed by atoms with Crippen LogP contribution < -0.4 is 5.32 Å². The summed E-state index contributed by atoms with van der Waals surface area (Å²) in [6.07, 6.45) is 12.9. The number of fused-ring (bicyclic) bond motifs is 1. The Labute approximate surface area is 112 Å². The Morgan fingerprint density at radius 3 is 2.68 bits per heavy atom. The van der Waals surface area contributed by atoms with Crippen LogP contribution >= 0.6 is 0 Å². The summed E-state index contributed by atoms with van der Waals surface area (Å²) in [6, 6.07) is 5.83. The van der Waals surface area contributed by atoms with Crippen molar-refractivity contribution in [2.45, 2.75) is 13.8 Å². The third-order valence-electron chi connectivity index (χ3n) is 2.30. The first-order chi connectivity index (χ1) is 9.15. The average molecular weight is 257 g/mol. The average Bonchev–Trinajstić information content (AvgIpc) is 2.86. The van der Waals surface area contributed by atoms with E-state index in [1.807, 2.05) is 31.3 Å². The molecule has 2 heterocycles. The van der Waals surface area contributed by atoms with Gasteiger partial charge in [0.1, 0.15) is 11.5 Å². The number of H-pyrrole nitrogens is 1. The van der Waals surface area contributed by atoms with Crippen LogP contribution in [0, 0.1) is 12.8 Å². The molecule has 0 spiro atoms. The summed E-state index contributed by atoms with van der Waals surface area (Å²) in [4.78, 5) is 7.42. The Balaban J connectivity index is 0.000000861. The number of nitrogens with one attached hydrogen (secondary N) is 2. The number of aromatic nitrogens is 2. The molecule has 2 aromatic heterocycles. The molecule has 0 aliphatic heterocycles. The molecule has 0 amide bonds. The maximum atomic E-state index is 12.5. The molecule has 0 saturated heterocycles. The van der Waals surface area contributed by atoms with Gasteiger partial charge in [-0.15, -0.1) is 12.8 Å². The molecule has 0 aromatic carbocycles. The van der Waals surface area contributed by atoms with Crippen molar-refractivity contribution in [3.63, 3.8) is 0 Å². The Morgan fingerprint density at radius 1 is 1.26 bits per heavy atom. The zero-order valence-electron chi connectivity index (χ0n) is 10.9. The fourth-order valence-corrected chi connectivity index (χ4v) is 1.48. The molecule has 0 aliphatic rings. The summed E-state index contributed by atoms with van der Waals surface area (Å²) in [5.74, 6) is 0.512. The van der Waals surface area contributed by atoms with E-state index in [0.29, 0.717) is 0 Å². The van der Waals surface area contributed by atoms with Crippen LogP contribution in [0.15, 0.2) is 48.1 Å². The molecule has 2 aromatic rings. The third kappa shape index (κ3) is 4.32. The fraction of sp³-hybridized carbons (Fsp3) is 0.133. The minimum Gasteiger partial charge on any atom is -0.346 e. The van der Waals surface area contributed by atoms with E-state index in [4.69, 9.17) is 0 Å². The highest BCUT2D eigenvalue weighted by Crippen LogP contribution is 2.14. The van der Waals surface area contributed by atoms with Crippen molar-refractivity contribution in [3.05, 3.63) is 48.1 Å². The van der Waals surface area contributed by atoms with E-state index in [9.17, 15) is 4.39 Å². The van der Waals surface area contributed by atoms with Gasteiger partial charge in [0.15, 0.2) is 0 Å². The number of hydrogen-bond donors (Lipinski definition) is 2. The SMILES string of the molecule is C#C.C/C(F)=C\C=C(/C)Nc1ccc2cc[nH]c2n1. The van der Waals surface area contributed by atoms with Gasteiger partial charge in [0.25, 0.3) is 0 Å². The molecule has 3 nitrogen and oxygen atoms in total. The second-order valence-corrected chi connectivity index (χ2v) is 3.84. The molecule has 0 aliphatic carbocycles. The lowest BCUT2D eigenvalue weighted by molar-refractivity contribution is 0.640. The van der Waals surface area contributed by atoms with Crippen LogP contribution in [0.5, 0.6) is 0 Å². The molecule has 19 heavy (non-hydrogen) atoms. The number of allylic oxidation sites excluding steroid dienone is 4. The van der Waals surface area contributed by atoms with Gasteiger partial charge in [-0.25, -0.2) is 9.37 Å². The molecule has 4 heteroatoms. The number of aromatic amines is 1. The molecule has 0 bridgehead atoms. The normalized spacial score (nSPS) is 11.8. The maximum absolute atomic E-state index is 12.5. The van der Waals surface area contributed by atoms with Gasteiger partial charge in [-0.1, -0.05) is 0 Å². The predicted octanol–water partition coefficient (Wildman–Crippen LogP) is 4.00. The highest BCUT2D eigenvalue weighted by Gasteiger charge is 1.98. The molecule has 0 fully saturated rings. The van der Waals surface area contributed by atoms with Gasteiger partial charge in [0, 0.05) is 17.3 Å². The summed E-state index contributed by atoms with van der Waals surface area (Å²) in [5.41, 5.74) is 1.67. The first kappa shape index (κ1) is 14.5. The van der Waals surface area contributed by atoms with E-state index >= 15 is 0 Å². The molecular formula is C15H16FN3. The number of terminal acetylenes is 1. The molecule has 0 radical (unpaired) electrons. The molecule has 2 N–H and O–H groups in total. The number of nitrogens with zero attached hydrogens (tertiary/aromatic N) is 1. The highest BCUT2D eigenvalue weighted by molar-refractivity contribution is 5.77. The van der Waals surface area contributed by atoms with E-state index in [1.54, 1.807) is 6.08 Å². The minimum absolute atomic E-state index is 0.223. The topological polar surface area (TPSA) is 40.7 Å². The van der Waals surface area contributed by atoms with Crippen LogP contribution in [0.3, 0.4) is 0 Å². The molecular weight excluding hydrogens is 241 g/mol. The van der Waals surface area contributed by atoms with Gasteiger partial charge in [0.05, 0.1) is 5.83 Å². The Hall–Kier alpha value is -2.54. The Morgan fingerprint density at radius 2 is 2.00 bits per heavy atom. The minimum atomic E-state index is -0.223. The number of pyridine rings is 1. The van der Waals surface area contributed by atoms with Crippen LogP contribution in [0.2, 0.25) is 0 Å². The number of halogens is 1. The third-order valence-corrected chi connectivity index (χ3v) is 2.30. The van der Waals surface area contributed by atoms with Gasteiger partial charge >= 0.3 is 0 Å². The zero-order chi connectivity index (χ0) is 14.3. The van der Waals surface area contributed by atoms with E-state index in [0.717, 1.165) is 22.5 Å². The van der Waals surface area contributed by atoms with Crippen molar-refractivity contribution in [1.82, 2.24) is 9.97 Å². The van der Waals surface area contributed by atoms with Crippen molar-refractivity contribution < 1.29 is 4.39 Å². The summed E-state index contributed by atoms with van der Waals surface area (Å²) in [7, 11) is 0. The quantitative estimate of drug-likeness (QED) is 0.644. The lowest BCUT2D eigenvalue weighted by Gasteiger charge is -2.04. The highest BCUT2D eigenvalue weighted by atomic mass is 19.1. The first-order valence-electron chi connectivity index (χ1n) is 5.70. The first-order valence-corrected chi connectivity index (χ1v) is 5.70. The number of rotatable bonds is 3. The van der Waals surface area contributed by atoms with E-state index in [1.165, 1.54) is 13.0 Å². The largest absolute Gasteiger partial charge is 0.346 e. The number of anilines is 1. The van der Waals surface area contributed by atoms with Crippen molar-refractivity contribution in [1.29, 1.82) is 0 Å². The van der Waals surface area contributed by atoms with Crippen molar-refractivity contribution in [2.24, 2.45) is 0 Å². The summed E-state index contributed by atoms with van der Waals surface area (Å²) in [6.45, 7) is 3.27. The molecule has 0 unspecified atom stereocenters. The van der Waals surface area contributed by atoms with Crippen LogP contribution in [-0.4, -0.2) is 9.97 Å². The second-order valence-electron chi connectivity index (χ2n) is 3.84. The van der Waals surface area contributed by atoms with Gasteiger partial charge in [-0.3, -0.25) is 0 Å². The second kappa shape index (κ2) is 7.02. The lowest BCUT2D eigenvalue weighted by atomic mass is 10.3. The lowest BCUT2D eigenvalue weighted by Crippen LogP contribution is -1.97. The Bertz CT molecular complexity index is 616. The van der Waals surface area contributed by atoms with Crippen LogP contribution in [0.25, 0.3) is 11.0 Å². The molecule has 0 saturated carbocycles. The smallest absolute Gasteiger partial charge is 0.139 e. The summed E-state index contributed by atoms with van der Waals surface area (Å²) >= 11 is 0. The molecule has 98 valence electrons. The van der Waals surface area contributed by atoms with Crippen molar-refractivity contribution in [3.8, 4) is 12.8 Å². The van der Waals surface area contributed by atoms with Crippen molar-refractivity contribution >= 4 is 16.9 Å². The van der Waals surface area contributed by atoms with Gasteiger partial charge in [-0.05, 0) is 44.2 Å². The maximum Gasteiger partial charge on any atom is 0.139 e. The van der Waals surface area contributed by atoms with Gasteiger partial charge < -0.3 is 10.3 Å². The van der Waals surface area contributed by atoms with E-state index < -0.39 is 0 Å². The van der Waals surface area contributed by atoms with Gasteiger partial charge in [0.2, 0.25) is 0 Å². The molecule has 2 rings (SSSR count). The van der Waals surface area contributed by atoms with Crippen LogP contribution in [0.4, 0.5) is 10.2 Å². The van der Waals surface area contributed by atoms with Crippen LogP contribution in [-0.2, 0) is 0 Å². The predicted molar refractivity (Wildman–Crippen MR) is 78.2 cm³/mol. The van der Waals surface area contributed by atoms with Gasteiger partial charge in [-0.2, -0.15) is 0 Å². The summed E-state index contributed by atoms with van der Waals surface area (Å²) < 4.78 is 12.5. The van der Waals surface area contributed by atoms with Crippen LogP contribution in [0.1, 0.15) is 13.8 Å². The van der Waals surface area contributed by atoms with E-state index in [2.05, 4.69) is 28.1 Å². The molecule has 0 atom stereocenters. The Kier molecular flexibility index (Phi) is 5.36. The fourth-order valence-electron chi connectivity index (χ4n) is 1.48. The zero-order valence-corrected chi connectivity index (χ0v) is 10.9.